The highest BCUT2D eigenvalue weighted by Gasteiger charge is 2.36. The summed E-state index contributed by atoms with van der Waals surface area (Å²) in [5, 5.41) is 0. The Labute approximate surface area is 154 Å². The summed E-state index contributed by atoms with van der Waals surface area (Å²) in [7, 11) is -1.49. The van der Waals surface area contributed by atoms with Gasteiger partial charge in [0, 0.05) is 6.10 Å². The van der Waals surface area contributed by atoms with Crippen molar-refractivity contribution in [1.82, 2.24) is 0 Å². The molecule has 0 aromatic carbocycles. The average molecular weight is 355 g/mol. The predicted octanol–water partition coefficient (Wildman–Crippen LogP) is 8.24. The summed E-state index contributed by atoms with van der Waals surface area (Å²) in [5.74, 6) is 0. The van der Waals surface area contributed by atoms with Gasteiger partial charge < -0.3 is 4.43 Å². The van der Waals surface area contributed by atoms with E-state index in [1.165, 1.54) is 103 Å². The van der Waals surface area contributed by atoms with Gasteiger partial charge in [-0.15, -0.1) is 0 Å². The average Bonchev–Trinajstić information content (AvgIpc) is 2.58. The van der Waals surface area contributed by atoms with Crippen molar-refractivity contribution in [2.75, 3.05) is 0 Å². The van der Waals surface area contributed by atoms with Crippen LogP contribution in [0.5, 0.6) is 0 Å². The Balaban J connectivity index is 2.22. The monoisotopic (exact) mass is 354 g/mol. The Morgan fingerprint density at radius 2 is 1.33 bits per heavy atom. The van der Waals surface area contributed by atoms with Gasteiger partial charge in [-0.25, -0.2) is 0 Å². The Hall–Kier alpha value is 0.177. The third-order valence-corrected chi connectivity index (χ3v) is 9.53. The second kappa shape index (κ2) is 13.4. The molecule has 24 heavy (non-hydrogen) atoms. The van der Waals surface area contributed by atoms with Gasteiger partial charge >= 0.3 is 0 Å². The third-order valence-electron chi connectivity index (χ3n) is 6.05. The van der Waals surface area contributed by atoms with Gasteiger partial charge in [-0.1, -0.05) is 104 Å². The largest absolute Gasteiger partial charge is 0.414 e. The third kappa shape index (κ3) is 9.61. The summed E-state index contributed by atoms with van der Waals surface area (Å²) < 4.78 is 6.82. The Morgan fingerprint density at radius 3 is 1.92 bits per heavy atom. The van der Waals surface area contributed by atoms with Crippen LogP contribution in [0.15, 0.2) is 0 Å². The van der Waals surface area contributed by atoms with Crippen LogP contribution in [0.2, 0.25) is 18.6 Å². The SMILES string of the molecule is CCCCCCCCCCC(CCC)O[Si](C)(C)C1CCCCC1. The topological polar surface area (TPSA) is 9.23 Å². The maximum atomic E-state index is 6.82. The van der Waals surface area contributed by atoms with Gasteiger partial charge in [-0.05, 0) is 31.5 Å². The summed E-state index contributed by atoms with van der Waals surface area (Å²) in [4.78, 5) is 0. The van der Waals surface area contributed by atoms with Crippen LogP contribution in [0.25, 0.3) is 0 Å². The van der Waals surface area contributed by atoms with Crippen LogP contribution >= 0.6 is 0 Å². The lowest BCUT2D eigenvalue weighted by atomic mass is 10.0. The summed E-state index contributed by atoms with van der Waals surface area (Å²) >= 11 is 0. The molecule has 1 aliphatic rings. The van der Waals surface area contributed by atoms with Crippen LogP contribution in [0.3, 0.4) is 0 Å². The van der Waals surface area contributed by atoms with Crippen molar-refractivity contribution in [3.8, 4) is 0 Å². The van der Waals surface area contributed by atoms with Crippen LogP contribution in [0.4, 0.5) is 0 Å². The van der Waals surface area contributed by atoms with Crippen molar-refractivity contribution in [2.24, 2.45) is 0 Å². The zero-order chi connectivity index (χ0) is 17.7. The molecule has 0 spiro atoms. The highest BCUT2D eigenvalue weighted by atomic mass is 28.4. The van der Waals surface area contributed by atoms with Crippen molar-refractivity contribution in [2.45, 2.75) is 141 Å². The minimum Gasteiger partial charge on any atom is -0.414 e. The van der Waals surface area contributed by atoms with Gasteiger partial charge in [0.25, 0.3) is 0 Å². The van der Waals surface area contributed by atoms with Crippen molar-refractivity contribution in [1.29, 1.82) is 0 Å². The van der Waals surface area contributed by atoms with Crippen molar-refractivity contribution >= 4 is 8.32 Å². The second-order valence-corrected chi connectivity index (χ2v) is 13.0. The lowest BCUT2D eigenvalue weighted by Gasteiger charge is -2.38. The number of hydrogen-bond donors (Lipinski definition) is 0. The van der Waals surface area contributed by atoms with Gasteiger partial charge in [0.05, 0.1) is 0 Å². The lowest BCUT2D eigenvalue weighted by molar-refractivity contribution is 0.158. The molecule has 0 N–H and O–H groups in total. The van der Waals surface area contributed by atoms with E-state index >= 15 is 0 Å². The Bertz CT molecular complexity index is 284. The van der Waals surface area contributed by atoms with Crippen molar-refractivity contribution in [3.63, 3.8) is 0 Å². The molecular weight excluding hydrogens is 308 g/mol. The molecule has 0 bridgehead atoms. The lowest BCUT2D eigenvalue weighted by Crippen LogP contribution is -2.41. The Morgan fingerprint density at radius 1 is 0.750 bits per heavy atom. The Kier molecular flexibility index (Phi) is 12.4. The van der Waals surface area contributed by atoms with Gasteiger partial charge in [0.15, 0.2) is 8.32 Å². The summed E-state index contributed by atoms with van der Waals surface area (Å²) in [6.07, 6.45) is 23.0. The molecule has 0 amide bonds. The summed E-state index contributed by atoms with van der Waals surface area (Å²) in [6, 6.07) is 0. The zero-order valence-corrected chi connectivity index (χ0v) is 18.4. The number of hydrogen-bond acceptors (Lipinski definition) is 1. The molecule has 0 radical (unpaired) electrons. The van der Waals surface area contributed by atoms with Crippen LogP contribution in [0.1, 0.15) is 117 Å². The number of unbranched alkanes of at least 4 members (excludes halogenated alkanes) is 7. The molecule has 1 saturated carbocycles. The van der Waals surface area contributed by atoms with Gasteiger partial charge in [0.1, 0.15) is 0 Å². The molecule has 0 aromatic rings. The first-order valence-electron chi connectivity index (χ1n) is 11.3. The molecule has 0 aliphatic heterocycles. The van der Waals surface area contributed by atoms with E-state index < -0.39 is 8.32 Å². The van der Waals surface area contributed by atoms with Crippen LogP contribution in [-0.2, 0) is 4.43 Å². The highest BCUT2D eigenvalue weighted by Crippen LogP contribution is 2.38. The maximum Gasteiger partial charge on any atom is 0.190 e. The second-order valence-electron chi connectivity index (χ2n) is 8.73. The van der Waals surface area contributed by atoms with Gasteiger partial charge in [-0.3, -0.25) is 0 Å². The molecule has 1 unspecified atom stereocenters. The zero-order valence-electron chi connectivity index (χ0n) is 17.4. The van der Waals surface area contributed by atoms with Crippen LogP contribution < -0.4 is 0 Å². The molecule has 1 nitrogen and oxygen atoms in total. The van der Waals surface area contributed by atoms with E-state index in [0.717, 1.165) is 5.54 Å². The fraction of sp³-hybridized carbons (Fsp3) is 1.00. The maximum absolute atomic E-state index is 6.82. The van der Waals surface area contributed by atoms with E-state index in [9.17, 15) is 0 Å². The van der Waals surface area contributed by atoms with Crippen molar-refractivity contribution in [3.05, 3.63) is 0 Å². The van der Waals surface area contributed by atoms with Gasteiger partial charge in [-0.2, -0.15) is 0 Å². The highest BCUT2D eigenvalue weighted by molar-refractivity contribution is 6.72. The molecule has 1 atom stereocenters. The van der Waals surface area contributed by atoms with E-state index in [4.69, 9.17) is 4.43 Å². The molecule has 0 saturated heterocycles. The molecular formula is C22H46OSi. The first kappa shape index (κ1) is 22.2. The van der Waals surface area contributed by atoms with Crippen molar-refractivity contribution < 1.29 is 4.43 Å². The molecule has 0 heterocycles. The summed E-state index contributed by atoms with van der Waals surface area (Å²) in [5.41, 5.74) is 0.921. The first-order chi connectivity index (χ1) is 11.6. The first-order valence-corrected chi connectivity index (χ1v) is 14.3. The number of rotatable bonds is 14. The smallest absolute Gasteiger partial charge is 0.190 e. The fourth-order valence-corrected chi connectivity index (χ4v) is 7.50. The van der Waals surface area contributed by atoms with Crippen LogP contribution in [-0.4, -0.2) is 14.4 Å². The molecule has 1 rings (SSSR count). The minimum atomic E-state index is -1.49. The predicted molar refractivity (Wildman–Crippen MR) is 111 cm³/mol. The molecule has 1 aliphatic carbocycles. The van der Waals surface area contributed by atoms with E-state index in [-0.39, 0.29) is 0 Å². The standard InChI is InChI=1S/C22H46OSi/c1-5-7-8-9-10-11-12-14-18-21(17-6-2)23-24(3,4)22-19-15-13-16-20-22/h21-22H,5-20H2,1-4H3. The van der Waals surface area contributed by atoms with Crippen LogP contribution in [0, 0.1) is 0 Å². The summed E-state index contributed by atoms with van der Waals surface area (Å²) in [6.45, 7) is 9.62. The van der Waals surface area contributed by atoms with E-state index in [1.54, 1.807) is 0 Å². The quantitative estimate of drug-likeness (QED) is 0.225. The van der Waals surface area contributed by atoms with Gasteiger partial charge in [0.2, 0.25) is 0 Å². The minimum absolute atomic E-state index is 0.554. The normalized spacial score (nSPS) is 18.0. The molecule has 0 aromatic heterocycles. The molecule has 144 valence electrons. The molecule has 2 heteroatoms. The van der Waals surface area contributed by atoms with E-state index in [2.05, 4.69) is 26.9 Å². The fourth-order valence-electron chi connectivity index (χ4n) is 4.41. The molecule has 1 fully saturated rings. The van der Waals surface area contributed by atoms with E-state index in [1.807, 2.05) is 0 Å². The van der Waals surface area contributed by atoms with E-state index in [0.29, 0.717) is 6.10 Å².